The summed E-state index contributed by atoms with van der Waals surface area (Å²) in [5, 5.41) is 15.1. The van der Waals surface area contributed by atoms with Gasteiger partial charge in [-0.3, -0.25) is 0 Å². The molecule has 0 bridgehead atoms. The molecule has 1 fully saturated rings. The number of aromatic nitrogens is 3. The van der Waals surface area contributed by atoms with Crippen LogP contribution in [0.3, 0.4) is 0 Å². The number of aliphatic imine (C=N–C) groups is 1. The second kappa shape index (κ2) is 7.11. The van der Waals surface area contributed by atoms with Crippen molar-refractivity contribution in [1.82, 2.24) is 25.4 Å². The van der Waals surface area contributed by atoms with Gasteiger partial charge in [0.25, 0.3) is 0 Å². The molecule has 0 aliphatic heterocycles. The van der Waals surface area contributed by atoms with Gasteiger partial charge in [-0.15, -0.1) is 10.2 Å². The Hall–Kier alpha value is -1.59. The Morgan fingerprint density at radius 2 is 2.00 bits per heavy atom. The summed E-state index contributed by atoms with van der Waals surface area (Å²) >= 11 is 0. The van der Waals surface area contributed by atoms with Gasteiger partial charge in [0.05, 0.1) is 0 Å². The first-order chi connectivity index (χ1) is 10.4. The van der Waals surface area contributed by atoms with Crippen LogP contribution in [0, 0.1) is 12.3 Å². The average Bonchev–Trinajstić information content (AvgIpc) is 2.79. The summed E-state index contributed by atoms with van der Waals surface area (Å²) < 4.78 is 1.98. The number of rotatable bonds is 4. The van der Waals surface area contributed by atoms with Gasteiger partial charge < -0.3 is 15.2 Å². The van der Waals surface area contributed by atoms with Crippen molar-refractivity contribution < 1.29 is 0 Å². The van der Waals surface area contributed by atoms with Gasteiger partial charge in [0.2, 0.25) is 0 Å². The number of nitrogens with zero attached hydrogens (tertiary/aromatic N) is 4. The predicted octanol–water partition coefficient (Wildman–Crippen LogP) is 2.15. The van der Waals surface area contributed by atoms with Crippen molar-refractivity contribution >= 4 is 5.96 Å². The lowest BCUT2D eigenvalue weighted by Crippen LogP contribution is -2.45. The van der Waals surface area contributed by atoms with Gasteiger partial charge in [-0.1, -0.05) is 13.8 Å². The third-order valence-electron chi connectivity index (χ3n) is 4.59. The smallest absolute Gasteiger partial charge is 0.191 e. The van der Waals surface area contributed by atoms with Gasteiger partial charge >= 0.3 is 0 Å². The fraction of sp³-hybridized carbons (Fsp3) is 0.812. The van der Waals surface area contributed by atoms with Gasteiger partial charge in [0, 0.05) is 19.6 Å². The molecule has 0 saturated heterocycles. The van der Waals surface area contributed by atoms with Gasteiger partial charge in [0.15, 0.2) is 11.8 Å². The molecule has 22 heavy (non-hydrogen) atoms. The van der Waals surface area contributed by atoms with Crippen molar-refractivity contribution in [1.29, 1.82) is 0 Å². The van der Waals surface area contributed by atoms with E-state index in [1.165, 1.54) is 25.7 Å². The Kier molecular flexibility index (Phi) is 5.42. The van der Waals surface area contributed by atoms with E-state index in [9.17, 15) is 0 Å². The Bertz CT molecular complexity index is 507. The molecule has 124 valence electrons. The maximum atomic E-state index is 4.66. The minimum absolute atomic E-state index is 0.490. The monoisotopic (exact) mass is 306 g/mol. The third-order valence-corrected chi connectivity index (χ3v) is 4.59. The first-order valence-corrected chi connectivity index (χ1v) is 8.31. The SMILES string of the molecule is CCNC(=NCc1nnc(C)n1C)NC1CCC(C)(C)CC1. The molecule has 6 heteroatoms. The molecule has 1 aliphatic carbocycles. The molecule has 0 radical (unpaired) electrons. The molecule has 0 amide bonds. The van der Waals surface area contributed by atoms with Crippen LogP contribution in [-0.2, 0) is 13.6 Å². The molecule has 2 rings (SSSR count). The van der Waals surface area contributed by atoms with E-state index >= 15 is 0 Å². The molecule has 0 unspecified atom stereocenters. The van der Waals surface area contributed by atoms with Crippen LogP contribution in [0.4, 0.5) is 0 Å². The topological polar surface area (TPSA) is 67.1 Å². The Labute approximate surface area is 133 Å². The molecule has 0 aromatic carbocycles. The van der Waals surface area contributed by atoms with Crippen LogP contribution in [-0.4, -0.2) is 33.3 Å². The zero-order valence-electron chi connectivity index (χ0n) is 14.6. The first kappa shape index (κ1) is 16.8. The lowest BCUT2D eigenvalue weighted by Gasteiger charge is -2.35. The van der Waals surface area contributed by atoms with E-state index in [1.54, 1.807) is 0 Å². The molecule has 1 aromatic heterocycles. The Balaban J connectivity index is 1.94. The summed E-state index contributed by atoms with van der Waals surface area (Å²) in [6.45, 7) is 10.2. The highest BCUT2D eigenvalue weighted by atomic mass is 15.3. The molecule has 1 aromatic rings. The van der Waals surface area contributed by atoms with Crippen LogP contribution in [0.5, 0.6) is 0 Å². The van der Waals surface area contributed by atoms with Gasteiger partial charge in [0.1, 0.15) is 12.4 Å². The highest BCUT2D eigenvalue weighted by molar-refractivity contribution is 5.80. The highest BCUT2D eigenvalue weighted by Gasteiger charge is 2.27. The summed E-state index contributed by atoms with van der Waals surface area (Å²) in [4.78, 5) is 4.66. The van der Waals surface area contributed by atoms with E-state index in [0.717, 1.165) is 24.2 Å². The fourth-order valence-electron chi connectivity index (χ4n) is 2.80. The molecule has 1 aliphatic rings. The van der Waals surface area contributed by atoms with Crippen LogP contribution in [0.25, 0.3) is 0 Å². The number of nitrogens with one attached hydrogen (secondary N) is 2. The standard InChI is InChI=1S/C16H30N6/c1-6-17-15(18-11-14-21-20-12(2)22(14)5)19-13-7-9-16(3,4)10-8-13/h13H,6-11H2,1-5H3,(H2,17,18,19). The summed E-state index contributed by atoms with van der Waals surface area (Å²) in [5.74, 6) is 2.69. The molecule has 2 N–H and O–H groups in total. The molecule has 1 heterocycles. The second-order valence-electron chi connectivity index (χ2n) is 7.00. The molecule has 0 spiro atoms. The first-order valence-electron chi connectivity index (χ1n) is 8.31. The van der Waals surface area contributed by atoms with Gasteiger partial charge in [-0.25, -0.2) is 4.99 Å². The van der Waals surface area contributed by atoms with E-state index in [0.29, 0.717) is 18.0 Å². The molecular formula is C16H30N6. The lowest BCUT2D eigenvalue weighted by atomic mass is 9.75. The zero-order chi connectivity index (χ0) is 16.2. The molecule has 0 atom stereocenters. The van der Waals surface area contributed by atoms with Gasteiger partial charge in [-0.2, -0.15) is 0 Å². The lowest BCUT2D eigenvalue weighted by molar-refractivity contribution is 0.216. The van der Waals surface area contributed by atoms with E-state index in [1.807, 2.05) is 18.5 Å². The van der Waals surface area contributed by atoms with Crippen molar-refractivity contribution in [3.8, 4) is 0 Å². The third kappa shape index (κ3) is 4.45. The average molecular weight is 306 g/mol. The number of aryl methyl sites for hydroxylation is 1. The van der Waals surface area contributed by atoms with Crippen LogP contribution < -0.4 is 10.6 Å². The molecule has 1 saturated carbocycles. The second-order valence-corrected chi connectivity index (χ2v) is 7.00. The van der Waals surface area contributed by atoms with Crippen LogP contribution in [0.1, 0.15) is 58.1 Å². The predicted molar refractivity (Wildman–Crippen MR) is 89.7 cm³/mol. The largest absolute Gasteiger partial charge is 0.357 e. The van der Waals surface area contributed by atoms with Crippen molar-refractivity contribution in [3.05, 3.63) is 11.6 Å². The summed E-state index contributed by atoms with van der Waals surface area (Å²) in [7, 11) is 1.98. The number of hydrogen-bond donors (Lipinski definition) is 2. The minimum atomic E-state index is 0.490. The van der Waals surface area contributed by atoms with Crippen molar-refractivity contribution in [2.45, 2.75) is 66.0 Å². The van der Waals surface area contributed by atoms with Crippen LogP contribution >= 0.6 is 0 Å². The quantitative estimate of drug-likeness (QED) is 0.661. The van der Waals surface area contributed by atoms with Crippen molar-refractivity contribution in [2.24, 2.45) is 17.5 Å². The van der Waals surface area contributed by atoms with Crippen molar-refractivity contribution in [3.63, 3.8) is 0 Å². The summed E-state index contributed by atoms with van der Waals surface area (Å²) in [6, 6.07) is 0.520. The van der Waals surface area contributed by atoms with Crippen LogP contribution in [0.15, 0.2) is 4.99 Å². The molecular weight excluding hydrogens is 276 g/mol. The molecule has 6 nitrogen and oxygen atoms in total. The van der Waals surface area contributed by atoms with Crippen LogP contribution in [0.2, 0.25) is 0 Å². The Morgan fingerprint density at radius 1 is 1.32 bits per heavy atom. The van der Waals surface area contributed by atoms with Gasteiger partial charge in [-0.05, 0) is 44.9 Å². The highest BCUT2D eigenvalue weighted by Crippen LogP contribution is 2.34. The number of hydrogen-bond acceptors (Lipinski definition) is 3. The zero-order valence-corrected chi connectivity index (χ0v) is 14.6. The minimum Gasteiger partial charge on any atom is -0.357 e. The van der Waals surface area contributed by atoms with E-state index in [2.05, 4.69) is 46.6 Å². The van der Waals surface area contributed by atoms with E-state index in [-0.39, 0.29) is 0 Å². The number of guanidine groups is 1. The van der Waals surface area contributed by atoms with E-state index in [4.69, 9.17) is 0 Å². The Morgan fingerprint density at radius 3 is 2.55 bits per heavy atom. The summed E-state index contributed by atoms with van der Waals surface area (Å²) in [5.41, 5.74) is 0.490. The summed E-state index contributed by atoms with van der Waals surface area (Å²) in [6.07, 6.45) is 4.96. The normalized spacial score (nSPS) is 19.2. The van der Waals surface area contributed by atoms with Crippen molar-refractivity contribution in [2.75, 3.05) is 6.54 Å². The maximum Gasteiger partial charge on any atom is 0.191 e. The van der Waals surface area contributed by atoms with E-state index < -0.39 is 0 Å². The maximum absolute atomic E-state index is 4.66. The fourth-order valence-corrected chi connectivity index (χ4v) is 2.80.